The summed E-state index contributed by atoms with van der Waals surface area (Å²) < 4.78 is 11.1. The van der Waals surface area contributed by atoms with Gasteiger partial charge in [0, 0.05) is 5.69 Å². The summed E-state index contributed by atoms with van der Waals surface area (Å²) in [7, 11) is 0. The minimum atomic E-state index is -0.441. The van der Waals surface area contributed by atoms with Crippen molar-refractivity contribution in [3.63, 3.8) is 0 Å². The third-order valence-electron chi connectivity index (χ3n) is 3.72. The van der Waals surface area contributed by atoms with Gasteiger partial charge in [0.05, 0.1) is 11.5 Å². The number of ether oxygens (including phenoxy) is 2. The van der Waals surface area contributed by atoms with Crippen LogP contribution in [0.5, 0.6) is 17.2 Å². The molecule has 0 saturated carbocycles. The highest BCUT2D eigenvalue weighted by Crippen LogP contribution is 2.31. The molecule has 29 heavy (non-hydrogen) atoms. The molecule has 0 radical (unpaired) electrons. The SMILES string of the molecule is CCOc1cc(/C=C2\SC(=O)NC2=O)ccc1OCC(=O)Nc1ccc(O)cc1. The molecule has 0 spiro atoms. The fourth-order valence-electron chi connectivity index (χ4n) is 2.46. The maximum absolute atomic E-state index is 12.1. The number of nitrogens with one attached hydrogen (secondary N) is 2. The zero-order valence-electron chi connectivity index (χ0n) is 15.4. The van der Waals surface area contributed by atoms with Crippen LogP contribution in [0.25, 0.3) is 6.08 Å². The molecule has 8 nitrogen and oxygen atoms in total. The number of hydrogen-bond donors (Lipinski definition) is 3. The van der Waals surface area contributed by atoms with E-state index in [1.807, 2.05) is 6.92 Å². The number of hydrogen-bond acceptors (Lipinski definition) is 7. The molecule has 150 valence electrons. The molecule has 0 bridgehead atoms. The molecule has 0 atom stereocenters. The topological polar surface area (TPSA) is 114 Å². The zero-order valence-corrected chi connectivity index (χ0v) is 16.2. The zero-order chi connectivity index (χ0) is 20.8. The number of thioether (sulfide) groups is 1. The van der Waals surface area contributed by atoms with Crippen molar-refractivity contribution in [2.75, 3.05) is 18.5 Å². The number of benzene rings is 2. The van der Waals surface area contributed by atoms with E-state index in [0.717, 1.165) is 11.8 Å². The number of phenolic OH excluding ortho intramolecular Hbond substituents is 1. The molecule has 1 saturated heterocycles. The second-order valence-corrected chi connectivity index (χ2v) is 6.89. The lowest BCUT2D eigenvalue weighted by molar-refractivity contribution is -0.118. The van der Waals surface area contributed by atoms with Crippen molar-refractivity contribution in [2.45, 2.75) is 6.92 Å². The molecule has 2 aromatic rings. The lowest BCUT2D eigenvalue weighted by atomic mass is 10.2. The number of imide groups is 1. The van der Waals surface area contributed by atoms with Crippen molar-refractivity contribution in [3.8, 4) is 17.2 Å². The summed E-state index contributed by atoms with van der Waals surface area (Å²) in [5.41, 5.74) is 1.19. The molecule has 0 aromatic heterocycles. The van der Waals surface area contributed by atoms with Gasteiger partial charge < -0.3 is 19.9 Å². The Kier molecular flexibility index (Phi) is 6.40. The van der Waals surface area contributed by atoms with E-state index in [9.17, 15) is 19.5 Å². The number of aromatic hydroxyl groups is 1. The number of carbonyl (C=O) groups is 3. The van der Waals surface area contributed by atoms with Gasteiger partial charge >= 0.3 is 0 Å². The molecular formula is C20H18N2O6S. The summed E-state index contributed by atoms with van der Waals surface area (Å²) in [6, 6.07) is 11.1. The largest absolute Gasteiger partial charge is 0.508 e. The van der Waals surface area contributed by atoms with Crippen LogP contribution in [0.4, 0.5) is 10.5 Å². The van der Waals surface area contributed by atoms with E-state index in [2.05, 4.69) is 10.6 Å². The molecule has 1 aliphatic heterocycles. The second-order valence-electron chi connectivity index (χ2n) is 5.88. The maximum atomic E-state index is 12.1. The molecular weight excluding hydrogens is 396 g/mol. The van der Waals surface area contributed by atoms with Gasteiger partial charge in [0.2, 0.25) is 0 Å². The van der Waals surface area contributed by atoms with Crippen molar-refractivity contribution >= 4 is 40.6 Å². The Hall–Kier alpha value is -3.46. The van der Waals surface area contributed by atoms with Crippen molar-refractivity contribution in [1.29, 1.82) is 0 Å². The molecule has 3 rings (SSSR count). The van der Waals surface area contributed by atoms with Crippen molar-refractivity contribution in [2.24, 2.45) is 0 Å². The smallest absolute Gasteiger partial charge is 0.290 e. The normalized spacial score (nSPS) is 14.6. The quantitative estimate of drug-likeness (QED) is 0.471. The summed E-state index contributed by atoms with van der Waals surface area (Å²) >= 11 is 0.829. The van der Waals surface area contributed by atoms with E-state index in [1.54, 1.807) is 36.4 Å². The first kappa shape index (κ1) is 20.3. The molecule has 9 heteroatoms. The summed E-state index contributed by atoms with van der Waals surface area (Å²) in [5, 5.41) is 13.7. The van der Waals surface area contributed by atoms with Crippen LogP contribution in [-0.4, -0.2) is 35.4 Å². The Morgan fingerprint density at radius 3 is 2.55 bits per heavy atom. The Morgan fingerprint density at radius 2 is 1.90 bits per heavy atom. The van der Waals surface area contributed by atoms with Gasteiger partial charge in [-0.15, -0.1) is 0 Å². The average Bonchev–Trinajstić information content (AvgIpc) is 3.00. The lowest BCUT2D eigenvalue weighted by Gasteiger charge is -2.13. The summed E-state index contributed by atoms with van der Waals surface area (Å²) in [4.78, 5) is 35.3. The molecule has 3 amide bonds. The molecule has 3 N–H and O–H groups in total. The fraction of sp³-hybridized carbons (Fsp3) is 0.150. The minimum absolute atomic E-state index is 0.105. The Morgan fingerprint density at radius 1 is 1.14 bits per heavy atom. The summed E-state index contributed by atoms with van der Waals surface area (Å²) in [6.45, 7) is 1.95. The standard InChI is InChI=1S/C20H18N2O6S/c1-2-27-16-9-12(10-17-19(25)22-20(26)29-17)3-8-15(16)28-11-18(24)21-13-4-6-14(23)7-5-13/h3-10,23H,2,11H2,1H3,(H,21,24)(H,22,25,26)/b17-10-. The highest BCUT2D eigenvalue weighted by atomic mass is 32.2. The first-order chi connectivity index (χ1) is 13.9. The maximum Gasteiger partial charge on any atom is 0.290 e. The van der Waals surface area contributed by atoms with Gasteiger partial charge in [-0.25, -0.2) is 0 Å². The molecule has 0 aliphatic carbocycles. The highest BCUT2D eigenvalue weighted by Gasteiger charge is 2.25. The van der Waals surface area contributed by atoms with Crippen LogP contribution in [-0.2, 0) is 9.59 Å². The number of rotatable bonds is 7. The Labute approximate surface area is 170 Å². The Bertz CT molecular complexity index is 971. The van der Waals surface area contributed by atoms with Crippen LogP contribution in [0.2, 0.25) is 0 Å². The van der Waals surface area contributed by atoms with Gasteiger partial charge in [0.1, 0.15) is 5.75 Å². The van der Waals surface area contributed by atoms with Gasteiger partial charge in [0.15, 0.2) is 18.1 Å². The third-order valence-corrected chi connectivity index (χ3v) is 4.53. The first-order valence-electron chi connectivity index (χ1n) is 8.68. The monoisotopic (exact) mass is 414 g/mol. The van der Waals surface area contributed by atoms with Gasteiger partial charge in [0.25, 0.3) is 17.1 Å². The fourth-order valence-corrected chi connectivity index (χ4v) is 3.14. The van der Waals surface area contributed by atoms with E-state index in [4.69, 9.17) is 9.47 Å². The van der Waals surface area contributed by atoms with Gasteiger partial charge in [-0.2, -0.15) is 0 Å². The molecule has 0 unspecified atom stereocenters. The van der Waals surface area contributed by atoms with Gasteiger partial charge in [-0.1, -0.05) is 6.07 Å². The van der Waals surface area contributed by atoms with Gasteiger partial charge in [-0.05, 0) is 66.7 Å². The van der Waals surface area contributed by atoms with Gasteiger partial charge in [-0.3, -0.25) is 19.7 Å². The van der Waals surface area contributed by atoms with E-state index in [-0.39, 0.29) is 18.3 Å². The third kappa shape index (κ3) is 5.52. The number of carbonyl (C=O) groups excluding carboxylic acids is 3. The molecule has 1 heterocycles. The lowest BCUT2D eigenvalue weighted by Crippen LogP contribution is -2.20. The van der Waals surface area contributed by atoms with Crippen LogP contribution in [0.1, 0.15) is 12.5 Å². The molecule has 2 aromatic carbocycles. The van der Waals surface area contributed by atoms with Crippen molar-refractivity contribution < 1.29 is 29.0 Å². The first-order valence-corrected chi connectivity index (χ1v) is 9.49. The van der Waals surface area contributed by atoms with E-state index < -0.39 is 11.1 Å². The predicted octanol–water partition coefficient (Wildman–Crippen LogP) is 3.13. The van der Waals surface area contributed by atoms with E-state index in [1.165, 1.54) is 12.1 Å². The number of amides is 3. The highest BCUT2D eigenvalue weighted by molar-refractivity contribution is 8.18. The average molecular weight is 414 g/mol. The van der Waals surface area contributed by atoms with Crippen LogP contribution in [0.3, 0.4) is 0 Å². The van der Waals surface area contributed by atoms with E-state index in [0.29, 0.717) is 34.3 Å². The van der Waals surface area contributed by atoms with E-state index >= 15 is 0 Å². The summed E-state index contributed by atoms with van der Waals surface area (Å²) in [5.74, 6) is 0.0723. The number of anilines is 1. The van der Waals surface area contributed by atoms with Crippen molar-refractivity contribution in [3.05, 3.63) is 52.9 Å². The minimum Gasteiger partial charge on any atom is -0.508 e. The van der Waals surface area contributed by atoms with Crippen LogP contribution < -0.4 is 20.1 Å². The van der Waals surface area contributed by atoms with Crippen LogP contribution >= 0.6 is 11.8 Å². The van der Waals surface area contributed by atoms with Crippen LogP contribution in [0.15, 0.2) is 47.4 Å². The van der Waals surface area contributed by atoms with Crippen LogP contribution in [0, 0.1) is 0 Å². The molecule has 1 aliphatic rings. The Balaban J connectivity index is 1.67. The second kappa shape index (κ2) is 9.16. The summed E-state index contributed by atoms with van der Waals surface area (Å²) in [6.07, 6.45) is 1.58. The molecule has 1 fully saturated rings. The predicted molar refractivity (Wildman–Crippen MR) is 109 cm³/mol. The number of phenols is 1. The van der Waals surface area contributed by atoms with Crippen molar-refractivity contribution in [1.82, 2.24) is 5.32 Å².